The molecule has 0 unspecified atom stereocenters. The van der Waals surface area contributed by atoms with Gasteiger partial charge in [0, 0.05) is 23.5 Å². The highest BCUT2D eigenvalue weighted by atomic mass is 35.5. The Morgan fingerprint density at radius 2 is 1.77 bits per heavy atom. The molecule has 0 aliphatic carbocycles. The zero-order valence-corrected chi connectivity index (χ0v) is 18.9. The zero-order chi connectivity index (χ0) is 22.2. The first-order valence-electron chi connectivity index (χ1n) is 10.1. The Balaban J connectivity index is 1.67. The number of anilines is 2. The van der Waals surface area contributed by atoms with Crippen LogP contribution >= 0.6 is 11.6 Å². The molecule has 3 aromatic rings. The van der Waals surface area contributed by atoms with Crippen molar-refractivity contribution in [2.24, 2.45) is 0 Å². The van der Waals surface area contributed by atoms with Gasteiger partial charge in [-0.05, 0) is 79.8 Å². The lowest BCUT2D eigenvalue weighted by Gasteiger charge is -2.29. The van der Waals surface area contributed by atoms with Crippen LogP contribution in [0, 0.1) is 13.8 Å². The minimum atomic E-state index is -3.97. The van der Waals surface area contributed by atoms with E-state index in [1.54, 1.807) is 23.1 Å². The first-order valence-corrected chi connectivity index (χ1v) is 11.9. The molecular weight excluding hydrogens is 432 g/mol. The van der Waals surface area contributed by atoms with Crippen molar-refractivity contribution in [3.05, 3.63) is 87.9 Å². The number of nitrogens with zero attached hydrogens (tertiary/aromatic N) is 1. The summed E-state index contributed by atoms with van der Waals surface area (Å²) in [4.78, 5) is 14.8. The van der Waals surface area contributed by atoms with Crippen molar-refractivity contribution in [2.45, 2.75) is 31.6 Å². The average molecular weight is 455 g/mol. The number of sulfonamides is 1. The molecule has 0 bridgehead atoms. The molecule has 1 aliphatic rings. The highest BCUT2D eigenvalue weighted by Crippen LogP contribution is 2.30. The number of aryl methyl sites for hydroxylation is 3. The summed E-state index contributed by atoms with van der Waals surface area (Å²) in [6, 6.07) is 17.5. The molecule has 1 amide bonds. The SMILES string of the molecule is Cc1ccc(NS(=O)(=O)c2cc(C(=O)N3CCCc4ccccc43)ccc2Cl)cc1C. The van der Waals surface area contributed by atoms with Crippen LogP contribution in [0.2, 0.25) is 5.02 Å². The van der Waals surface area contributed by atoms with Crippen molar-refractivity contribution in [3.8, 4) is 0 Å². The molecule has 0 saturated carbocycles. The van der Waals surface area contributed by atoms with E-state index < -0.39 is 10.0 Å². The fourth-order valence-corrected chi connectivity index (χ4v) is 5.33. The number of hydrogen-bond donors (Lipinski definition) is 1. The van der Waals surface area contributed by atoms with Gasteiger partial charge in [0.15, 0.2) is 0 Å². The predicted octanol–water partition coefficient (Wildman–Crippen LogP) is 5.35. The largest absolute Gasteiger partial charge is 0.308 e. The van der Waals surface area contributed by atoms with E-state index >= 15 is 0 Å². The molecule has 0 spiro atoms. The summed E-state index contributed by atoms with van der Waals surface area (Å²) in [5, 5.41) is 0.0620. The molecule has 4 rings (SSSR count). The Kier molecular flexibility index (Phi) is 5.77. The molecule has 31 heavy (non-hydrogen) atoms. The predicted molar refractivity (Wildman–Crippen MR) is 125 cm³/mol. The maximum atomic E-state index is 13.3. The van der Waals surface area contributed by atoms with Crippen molar-refractivity contribution >= 4 is 38.9 Å². The van der Waals surface area contributed by atoms with E-state index in [-0.39, 0.29) is 21.4 Å². The molecular formula is C24H23ClN2O3S. The molecule has 1 heterocycles. The minimum absolute atomic E-state index is 0.0620. The van der Waals surface area contributed by atoms with Crippen LogP contribution < -0.4 is 9.62 Å². The van der Waals surface area contributed by atoms with Crippen molar-refractivity contribution in [1.82, 2.24) is 0 Å². The second-order valence-electron chi connectivity index (χ2n) is 7.74. The van der Waals surface area contributed by atoms with Gasteiger partial charge in [-0.1, -0.05) is 35.9 Å². The quantitative estimate of drug-likeness (QED) is 0.577. The molecule has 0 radical (unpaired) electrons. The van der Waals surface area contributed by atoms with Gasteiger partial charge < -0.3 is 4.90 Å². The van der Waals surface area contributed by atoms with Crippen LogP contribution in [0.5, 0.6) is 0 Å². The molecule has 1 N–H and O–H groups in total. The van der Waals surface area contributed by atoms with Gasteiger partial charge in [-0.15, -0.1) is 0 Å². The van der Waals surface area contributed by atoms with E-state index in [0.717, 1.165) is 35.2 Å². The van der Waals surface area contributed by atoms with Gasteiger partial charge in [-0.3, -0.25) is 9.52 Å². The third kappa shape index (κ3) is 4.31. The van der Waals surface area contributed by atoms with E-state index in [0.29, 0.717) is 12.2 Å². The molecule has 160 valence electrons. The van der Waals surface area contributed by atoms with Gasteiger partial charge in [-0.25, -0.2) is 8.42 Å². The van der Waals surface area contributed by atoms with Gasteiger partial charge in [0.05, 0.1) is 5.02 Å². The van der Waals surface area contributed by atoms with Gasteiger partial charge in [0.1, 0.15) is 4.90 Å². The zero-order valence-electron chi connectivity index (χ0n) is 17.4. The van der Waals surface area contributed by atoms with Gasteiger partial charge in [0.25, 0.3) is 15.9 Å². The lowest BCUT2D eigenvalue weighted by molar-refractivity contribution is 0.0985. The number of amides is 1. The monoisotopic (exact) mass is 454 g/mol. The number of carbonyl (C=O) groups is 1. The molecule has 5 nitrogen and oxygen atoms in total. The van der Waals surface area contributed by atoms with E-state index in [9.17, 15) is 13.2 Å². The first kappa shape index (κ1) is 21.4. The summed E-state index contributed by atoms with van der Waals surface area (Å²) < 4.78 is 28.7. The van der Waals surface area contributed by atoms with Gasteiger partial charge >= 0.3 is 0 Å². The van der Waals surface area contributed by atoms with E-state index in [1.807, 2.05) is 44.2 Å². The molecule has 0 fully saturated rings. The van der Waals surface area contributed by atoms with Crippen molar-refractivity contribution in [3.63, 3.8) is 0 Å². The van der Waals surface area contributed by atoms with Crippen LogP contribution in [0.15, 0.2) is 65.6 Å². The summed E-state index contributed by atoms with van der Waals surface area (Å²) in [7, 11) is -3.97. The minimum Gasteiger partial charge on any atom is -0.308 e. The number of hydrogen-bond acceptors (Lipinski definition) is 3. The number of nitrogens with one attached hydrogen (secondary N) is 1. The van der Waals surface area contributed by atoms with E-state index in [2.05, 4.69) is 4.72 Å². The molecule has 3 aromatic carbocycles. The Labute approximate surface area is 187 Å². The summed E-state index contributed by atoms with van der Waals surface area (Å²) in [6.45, 7) is 4.45. The standard InChI is InChI=1S/C24H23ClN2O3S/c1-16-9-11-20(14-17(16)2)26-31(29,30)23-15-19(10-12-21(23)25)24(28)27-13-5-7-18-6-3-4-8-22(18)27/h3-4,6,8-12,14-15,26H,5,7,13H2,1-2H3. The third-order valence-corrected chi connectivity index (χ3v) is 7.45. The van der Waals surface area contributed by atoms with Crippen molar-refractivity contribution in [2.75, 3.05) is 16.2 Å². The molecule has 0 saturated heterocycles. The summed E-state index contributed by atoms with van der Waals surface area (Å²) in [6.07, 6.45) is 1.77. The topological polar surface area (TPSA) is 66.5 Å². The first-order chi connectivity index (χ1) is 14.8. The van der Waals surface area contributed by atoms with Crippen molar-refractivity contribution in [1.29, 1.82) is 0 Å². The van der Waals surface area contributed by atoms with Crippen molar-refractivity contribution < 1.29 is 13.2 Å². The van der Waals surface area contributed by atoms with Gasteiger partial charge in [0.2, 0.25) is 0 Å². The number of fused-ring (bicyclic) bond motifs is 1. The fraction of sp³-hybridized carbons (Fsp3) is 0.208. The molecule has 1 aliphatic heterocycles. The highest BCUT2D eigenvalue weighted by Gasteiger charge is 2.26. The Hall–Kier alpha value is -2.83. The number of rotatable bonds is 4. The van der Waals surface area contributed by atoms with Gasteiger partial charge in [-0.2, -0.15) is 0 Å². The van der Waals surface area contributed by atoms with Crippen LogP contribution in [0.4, 0.5) is 11.4 Å². The Morgan fingerprint density at radius 3 is 2.55 bits per heavy atom. The second-order valence-corrected chi connectivity index (χ2v) is 9.80. The number of para-hydroxylation sites is 1. The van der Waals surface area contributed by atoms with Crippen LogP contribution in [0.3, 0.4) is 0 Å². The Bertz CT molecular complexity index is 1270. The lowest BCUT2D eigenvalue weighted by Crippen LogP contribution is -2.35. The molecule has 7 heteroatoms. The second kappa shape index (κ2) is 8.36. The third-order valence-electron chi connectivity index (χ3n) is 5.58. The van der Waals surface area contributed by atoms with Crippen LogP contribution in [-0.2, 0) is 16.4 Å². The maximum absolute atomic E-state index is 13.3. The van der Waals surface area contributed by atoms with E-state index in [4.69, 9.17) is 11.6 Å². The van der Waals surface area contributed by atoms with Crippen LogP contribution in [0.25, 0.3) is 0 Å². The molecule has 0 aromatic heterocycles. The average Bonchev–Trinajstić information content (AvgIpc) is 2.75. The smallest absolute Gasteiger partial charge is 0.263 e. The summed E-state index contributed by atoms with van der Waals surface area (Å²) >= 11 is 6.23. The van der Waals surface area contributed by atoms with E-state index in [1.165, 1.54) is 12.1 Å². The number of carbonyl (C=O) groups excluding carboxylic acids is 1. The maximum Gasteiger partial charge on any atom is 0.263 e. The normalized spacial score (nSPS) is 13.6. The van der Waals surface area contributed by atoms with Crippen LogP contribution in [-0.4, -0.2) is 20.9 Å². The summed E-state index contributed by atoms with van der Waals surface area (Å²) in [5.74, 6) is -0.244. The number of benzene rings is 3. The highest BCUT2D eigenvalue weighted by molar-refractivity contribution is 7.92. The number of halogens is 1. The lowest BCUT2D eigenvalue weighted by atomic mass is 10.0. The molecule has 0 atom stereocenters. The summed E-state index contributed by atoms with van der Waals surface area (Å²) in [5.41, 5.74) is 4.74. The Morgan fingerprint density at radius 1 is 1.00 bits per heavy atom. The fourth-order valence-electron chi connectivity index (χ4n) is 3.76. The van der Waals surface area contributed by atoms with Crippen LogP contribution in [0.1, 0.15) is 33.5 Å².